The quantitative estimate of drug-likeness (QED) is 0.574. The first-order chi connectivity index (χ1) is 10.4. The fraction of sp³-hybridized carbons (Fsp3) is 0.556. The second-order valence-corrected chi connectivity index (χ2v) is 6.38. The van der Waals surface area contributed by atoms with Gasteiger partial charge in [-0.2, -0.15) is 0 Å². The van der Waals surface area contributed by atoms with Gasteiger partial charge < -0.3 is 10.1 Å². The zero-order chi connectivity index (χ0) is 16.4. The van der Waals surface area contributed by atoms with Crippen LogP contribution in [-0.2, 0) is 4.74 Å². The van der Waals surface area contributed by atoms with Gasteiger partial charge in [0.25, 0.3) is 0 Å². The third-order valence-corrected chi connectivity index (χ3v) is 3.09. The van der Waals surface area contributed by atoms with Gasteiger partial charge in [0.05, 0.1) is 0 Å². The van der Waals surface area contributed by atoms with Crippen molar-refractivity contribution in [3.8, 4) is 0 Å². The summed E-state index contributed by atoms with van der Waals surface area (Å²) in [6.07, 6.45) is 4.00. The Bertz CT molecular complexity index is 463. The predicted molar refractivity (Wildman–Crippen MR) is 88.1 cm³/mol. The number of carbonyl (C=O) groups is 2. The van der Waals surface area contributed by atoms with Crippen molar-refractivity contribution in [2.75, 3.05) is 6.54 Å². The summed E-state index contributed by atoms with van der Waals surface area (Å²) in [4.78, 5) is 23.3. The monoisotopic (exact) mass is 305 g/mol. The lowest BCUT2D eigenvalue weighted by atomic mass is 10.0. The summed E-state index contributed by atoms with van der Waals surface area (Å²) >= 11 is 0. The zero-order valence-corrected chi connectivity index (χ0v) is 13.9. The Hall–Kier alpha value is -1.84. The molecule has 22 heavy (non-hydrogen) atoms. The highest BCUT2D eigenvalue weighted by Gasteiger charge is 2.15. The van der Waals surface area contributed by atoms with E-state index in [0.717, 1.165) is 31.2 Å². The number of carbonyl (C=O) groups excluding carboxylic acids is 2. The van der Waals surface area contributed by atoms with Crippen LogP contribution >= 0.6 is 0 Å². The van der Waals surface area contributed by atoms with Gasteiger partial charge in [0, 0.05) is 18.5 Å². The lowest BCUT2D eigenvalue weighted by molar-refractivity contribution is 0.0527. The highest BCUT2D eigenvalue weighted by molar-refractivity contribution is 5.95. The molecule has 0 saturated heterocycles. The molecule has 122 valence electrons. The smallest absolute Gasteiger partial charge is 0.407 e. The van der Waals surface area contributed by atoms with E-state index >= 15 is 0 Å². The Morgan fingerprint density at radius 2 is 1.64 bits per heavy atom. The molecule has 0 bridgehead atoms. The maximum atomic E-state index is 11.9. The first-order valence-corrected chi connectivity index (χ1v) is 7.93. The minimum Gasteiger partial charge on any atom is -0.444 e. The molecule has 4 nitrogen and oxygen atoms in total. The summed E-state index contributed by atoms with van der Waals surface area (Å²) in [5.41, 5.74) is 0.330. The fourth-order valence-corrected chi connectivity index (χ4v) is 2.04. The van der Waals surface area contributed by atoms with Gasteiger partial charge in [0.2, 0.25) is 0 Å². The van der Waals surface area contributed by atoms with Crippen LogP contribution in [0, 0.1) is 0 Å². The summed E-state index contributed by atoms with van der Waals surface area (Å²) < 4.78 is 5.15. The van der Waals surface area contributed by atoms with Crippen LogP contribution in [0.4, 0.5) is 4.79 Å². The molecule has 0 heterocycles. The van der Waals surface area contributed by atoms with Gasteiger partial charge in [-0.05, 0) is 33.6 Å². The Balaban J connectivity index is 2.02. The number of ether oxygens (including phenoxy) is 1. The van der Waals surface area contributed by atoms with Gasteiger partial charge in [0.15, 0.2) is 5.78 Å². The van der Waals surface area contributed by atoms with Crippen LogP contribution < -0.4 is 5.32 Å². The van der Waals surface area contributed by atoms with Crippen LogP contribution in [0.3, 0.4) is 0 Å². The molecule has 0 atom stereocenters. The zero-order valence-electron chi connectivity index (χ0n) is 13.9. The Kier molecular flexibility index (Phi) is 7.64. The summed E-state index contributed by atoms with van der Waals surface area (Å²) in [6.45, 7) is 6.14. The minimum atomic E-state index is -0.456. The molecule has 0 aromatic heterocycles. The summed E-state index contributed by atoms with van der Waals surface area (Å²) in [5.74, 6) is 0.201. The molecular formula is C18H27NO3. The fourth-order valence-electron chi connectivity index (χ4n) is 2.04. The van der Waals surface area contributed by atoms with Crippen LogP contribution in [0.15, 0.2) is 30.3 Å². The first-order valence-electron chi connectivity index (χ1n) is 7.93. The number of hydrogen-bond acceptors (Lipinski definition) is 3. The van der Waals surface area contributed by atoms with Crippen molar-refractivity contribution < 1.29 is 14.3 Å². The highest BCUT2D eigenvalue weighted by atomic mass is 16.6. The molecule has 0 saturated carbocycles. The number of unbranched alkanes of at least 4 members (excludes halogenated alkanes) is 3. The molecule has 4 heteroatoms. The minimum absolute atomic E-state index is 0.201. The van der Waals surface area contributed by atoms with Crippen molar-refractivity contribution in [3.63, 3.8) is 0 Å². The molecule has 1 N–H and O–H groups in total. The van der Waals surface area contributed by atoms with E-state index in [2.05, 4.69) is 5.32 Å². The third kappa shape index (κ3) is 8.45. The third-order valence-electron chi connectivity index (χ3n) is 3.09. The molecule has 0 fully saturated rings. The van der Waals surface area contributed by atoms with Crippen molar-refractivity contribution in [2.24, 2.45) is 0 Å². The van der Waals surface area contributed by atoms with Crippen LogP contribution in [0.25, 0.3) is 0 Å². The average Bonchev–Trinajstić information content (AvgIpc) is 2.45. The molecular weight excluding hydrogens is 278 g/mol. The SMILES string of the molecule is CC(C)(C)OC(=O)NCCCCCCC(=O)c1ccccc1. The Morgan fingerprint density at radius 3 is 2.27 bits per heavy atom. The summed E-state index contributed by atoms with van der Waals surface area (Å²) in [6, 6.07) is 9.39. The number of alkyl carbamates (subject to hydrolysis) is 1. The maximum absolute atomic E-state index is 11.9. The largest absolute Gasteiger partial charge is 0.444 e. The number of rotatable bonds is 8. The van der Waals surface area contributed by atoms with Gasteiger partial charge in [-0.15, -0.1) is 0 Å². The second-order valence-electron chi connectivity index (χ2n) is 6.38. The number of amides is 1. The van der Waals surface area contributed by atoms with E-state index in [-0.39, 0.29) is 11.9 Å². The standard InChI is InChI=1S/C18H27NO3/c1-18(2,3)22-17(21)19-14-10-5-4-9-13-16(20)15-11-7-6-8-12-15/h6-8,11-12H,4-5,9-10,13-14H2,1-3H3,(H,19,21). The van der Waals surface area contributed by atoms with Crippen molar-refractivity contribution in [1.82, 2.24) is 5.32 Å². The van der Waals surface area contributed by atoms with Gasteiger partial charge in [-0.1, -0.05) is 43.2 Å². The van der Waals surface area contributed by atoms with Crippen molar-refractivity contribution in [2.45, 2.75) is 58.5 Å². The van der Waals surface area contributed by atoms with Gasteiger partial charge in [-0.3, -0.25) is 4.79 Å². The van der Waals surface area contributed by atoms with E-state index < -0.39 is 5.60 Å². The molecule has 0 aliphatic carbocycles. The van der Waals surface area contributed by atoms with E-state index in [1.807, 2.05) is 51.1 Å². The van der Waals surface area contributed by atoms with E-state index in [9.17, 15) is 9.59 Å². The van der Waals surface area contributed by atoms with Crippen LogP contribution in [0.2, 0.25) is 0 Å². The van der Waals surface area contributed by atoms with Gasteiger partial charge >= 0.3 is 6.09 Å². The lowest BCUT2D eigenvalue weighted by Crippen LogP contribution is -2.32. The van der Waals surface area contributed by atoms with Crippen molar-refractivity contribution in [3.05, 3.63) is 35.9 Å². The molecule has 1 aromatic rings. The van der Waals surface area contributed by atoms with Crippen molar-refractivity contribution in [1.29, 1.82) is 0 Å². The highest BCUT2D eigenvalue weighted by Crippen LogP contribution is 2.09. The number of Topliss-reactive ketones (excluding diaryl/α,β-unsaturated/α-hetero) is 1. The molecule has 0 spiro atoms. The van der Waals surface area contributed by atoms with E-state index in [1.54, 1.807) is 0 Å². The Labute approximate surface area is 133 Å². The second kappa shape index (κ2) is 9.23. The summed E-state index contributed by atoms with van der Waals surface area (Å²) in [5, 5.41) is 2.74. The first kappa shape index (κ1) is 18.2. The Morgan fingerprint density at radius 1 is 1.00 bits per heavy atom. The van der Waals surface area contributed by atoms with E-state index in [1.165, 1.54) is 0 Å². The number of benzene rings is 1. The molecule has 1 rings (SSSR count). The number of ketones is 1. The summed E-state index contributed by atoms with van der Waals surface area (Å²) in [7, 11) is 0. The molecule has 0 radical (unpaired) electrons. The normalized spacial score (nSPS) is 11.0. The molecule has 0 unspecified atom stereocenters. The van der Waals surface area contributed by atoms with E-state index in [0.29, 0.717) is 13.0 Å². The van der Waals surface area contributed by atoms with Crippen LogP contribution in [0.5, 0.6) is 0 Å². The van der Waals surface area contributed by atoms with Crippen molar-refractivity contribution >= 4 is 11.9 Å². The van der Waals surface area contributed by atoms with Crippen LogP contribution in [0.1, 0.15) is 63.2 Å². The van der Waals surface area contributed by atoms with E-state index in [4.69, 9.17) is 4.74 Å². The molecule has 0 aliphatic rings. The maximum Gasteiger partial charge on any atom is 0.407 e. The average molecular weight is 305 g/mol. The lowest BCUT2D eigenvalue weighted by Gasteiger charge is -2.19. The van der Waals surface area contributed by atoms with Gasteiger partial charge in [-0.25, -0.2) is 4.79 Å². The number of nitrogens with one attached hydrogen (secondary N) is 1. The topological polar surface area (TPSA) is 55.4 Å². The van der Waals surface area contributed by atoms with Crippen LogP contribution in [-0.4, -0.2) is 24.0 Å². The van der Waals surface area contributed by atoms with Gasteiger partial charge in [0.1, 0.15) is 5.60 Å². The molecule has 1 aromatic carbocycles. The molecule has 0 aliphatic heterocycles. The number of hydrogen-bond donors (Lipinski definition) is 1. The predicted octanol–water partition coefficient (Wildman–Crippen LogP) is 4.34. The molecule has 1 amide bonds.